The highest BCUT2D eigenvalue weighted by atomic mass is 16.5. The molecule has 152 valence electrons. The van der Waals surface area contributed by atoms with E-state index in [1.807, 2.05) is 12.3 Å². The Morgan fingerprint density at radius 1 is 1.14 bits per heavy atom. The Bertz CT molecular complexity index is 992. The van der Waals surface area contributed by atoms with Crippen LogP contribution in [-0.4, -0.2) is 71.8 Å². The summed E-state index contributed by atoms with van der Waals surface area (Å²) in [6.07, 6.45) is 3.80. The van der Waals surface area contributed by atoms with Crippen LogP contribution in [0.25, 0.3) is 22.3 Å². The number of nitrogens with one attached hydrogen (secondary N) is 1. The zero-order valence-corrected chi connectivity index (χ0v) is 16.8. The van der Waals surface area contributed by atoms with Gasteiger partial charge in [-0.05, 0) is 26.0 Å². The standard InChI is InChI=1S/C21H26N6O2/c1-14-13-28-9-8-27(14)19-11-18(26-7-10-29-15(2)12-26)16-3-5-22-21(20(16)24-19)17-4-6-23-25-17/h3-6,11,14-15H,7-10,12-13H2,1-2H3,(H,23,25)/t14-,15-/m1/s1. The van der Waals surface area contributed by atoms with Gasteiger partial charge in [0.2, 0.25) is 0 Å². The molecule has 0 saturated carbocycles. The Hall–Kier alpha value is -2.71. The predicted octanol–water partition coefficient (Wildman–Crippen LogP) is 2.47. The van der Waals surface area contributed by atoms with Crippen molar-refractivity contribution in [3.8, 4) is 11.4 Å². The molecule has 2 aliphatic rings. The van der Waals surface area contributed by atoms with Crippen LogP contribution in [0.5, 0.6) is 0 Å². The van der Waals surface area contributed by atoms with Gasteiger partial charge in [-0.15, -0.1) is 0 Å². The second-order valence-electron chi connectivity index (χ2n) is 7.77. The molecule has 0 aromatic carbocycles. The van der Waals surface area contributed by atoms with Gasteiger partial charge in [-0.25, -0.2) is 4.98 Å². The number of rotatable bonds is 3. The maximum atomic E-state index is 5.78. The van der Waals surface area contributed by atoms with Crippen molar-refractivity contribution in [2.75, 3.05) is 49.3 Å². The van der Waals surface area contributed by atoms with E-state index in [1.165, 1.54) is 5.69 Å². The summed E-state index contributed by atoms with van der Waals surface area (Å²) in [6.45, 7) is 9.02. The summed E-state index contributed by atoms with van der Waals surface area (Å²) in [4.78, 5) is 14.5. The summed E-state index contributed by atoms with van der Waals surface area (Å²) in [5.41, 5.74) is 3.77. The highest BCUT2D eigenvalue weighted by Crippen LogP contribution is 2.35. The van der Waals surface area contributed by atoms with Crippen LogP contribution in [0, 0.1) is 0 Å². The van der Waals surface area contributed by atoms with Gasteiger partial charge in [0.25, 0.3) is 0 Å². The number of aromatic amines is 1. The SMILES string of the molecule is C[C@@H]1CN(c2cc(N3CCOC[C@H]3C)nc3c(-c4ccn[nH]4)nccc23)CCO1. The van der Waals surface area contributed by atoms with Gasteiger partial charge in [0, 0.05) is 43.5 Å². The Morgan fingerprint density at radius 3 is 2.86 bits per heavy atom. The van der Waals surface area contributed by atoms with Crippen LogP contribution in [0.15, 0.2) is 30.6 Å². The van der Waals surface area contributed by atoms with E-state index in [0.29, 0.717) is 13.2 Å². The molecule has 5 heterocycles. The van der Waals surface area contributed by atoms with E-state index in [2.05, 4.69) is 51.0 Å². The minimum absolute atomic E-state index is 0.201. The van der Waals surface area contributed by atoms with Crippen LogP contribution >= 0.6 is 0 Å². The van der Waals surface area contributed by atoms with Crippen molar-refractivity contribution in [3.05, 3.63) is 30.6 Å². The largest absolute Gasteiger partial charge is 0.377 e. The number of nitrogens with zero attached hydrogens (tertiary/aromatic N) is 5. The van der Waals surface area contributed by atoms with Crippen LogP contribution in [0.4, 0.5) is 11.5 Å². The molecule has 0 bridgehead atoms. The Balaban J connectivity index is 1.70. The molecule has 2 fully saturated rings. The van der Waals surface area contributed by atoms with E-state index >= 15 is 0 Å². The predicted molar refractivity (Wildman–Crippen MR) is 112 cm³/mol. The number of aromatic nitrogens is 4. The molecule has 3 aromatic heterocycles. The summed E-state index contributed by atoms with van der Waals surface area (Å²) in [7, 11) is 0. The lowest BCUT2D eigenvalue weighted by Crippen LogP contribution is -2.44. The zero-order chi connectivity index (χ0) is 19.8. The highest BCUT2D eigenvalue weighted by Gasteiger charge is 2.25. The van der Waals surface area contributed by atoms with Crippen molar-refractivity contribution < 1.29 is 9.47 Å². The lowest BCUT2D eigenvalue weighted by Gasteiger charge is -2.37. The first kappa shape index (κ1) is 18.3. The van der Waals surface area contributed by atoms with Gasteiger partial charge in [-0.1, -0.05) is 0 Å². The number of pyridine rings is 2. The molecule has 0 amide bonds. The van der Waals surface area contributed by atoms with Gasteiger partial charge in [-0.2, -0.15) is 5.10 Å². The van der Waals surface area contributed by atoms with E-state index in [0.717, 1.165) is 54.3 Å². The summed E-state index contributed by atoms with van der Waals surface area (Å²) < 4.78 is 11.4. The number of hydrogen-bond acceptors (Lipinski definition) is 7. The maximum Gasteiger partial charge on any atom is 0.131 e. The second-order valence-corrected chi connectivity index (χ2v) is 7.77. The summed E-state index contributed by atoms with van der Waals surface area (Å²) in [5, 5.41) is 8.25. The minimum Gasteiger partial charge on any atom is -0.377 e. The summed E-state index contributed by atoms with van der Waals surface area (Å²) in [6, 6.07) is 6.49. The van der Waals surface area contributed by atoms with Gasteiger partial charge in [0.15, 0.2) is 0 Å². The third-order valence-corrected chi connectivity index (χ3v) is 5.69. The first-order chi connectivity index (χ1) is 14.2. The van der Waals surface area contributed by atoms with E-state index in [9.17, 15) is 0 Å². The van der Waals surface area contributed by atoms with Crippen LogP contribution < -0.4 is 9.80 Å². The smallest absolute Gasteiger partial charge is 0.131 e. The molecular weight excluding hydrogens is 368 g/mol. The van der Waals surface area contributed by atoms with Gasteiger partial charge < -0.3 is 19.3 Å². The Morgan fingerprint density at radius 2 is 2.07 bits per heavy atom. The Kier molecular flexibility index (Phi) is 4.81. The fourth-order valence-electron chi connectivity index (χ4n) is 4.22. The van der Waals surface area contributed by atoms with Gasteiger partial charge in [0.1, 0.15) is 17.0 Å². The molecular formula is C21H26N6O2. The number of fused-ring (bicyclic) bond motifs is 1. The van der Waals surface area contributed by atoms with Crippen molar-refractivity contribution in [1.29, 1.82) is 0 Å². The molecule has 8 nitrogen and oxygen atoms in total. The number of anilines is 2. The lowest BCUT2D eigenvalue weighted by molar-refractivity contribution is 0.0533. The number of H-pyrrole nitrogens is 1. The molecule has 0 radical (unpaired) electrons. The highest BCUT2D eigenvalue weighted by molar-refractivity contribution is 6.00. The third kappa shape index (κ3) is 3.42. The van der Waals surface area contributed by atoms with Crippen molar-refractivity contribution in [1.82, 2.24) is 20.2 Å². The van der Waals surface area contributed by atoms with Crippen LogP contribution in [-0.2, 0) is 9.47 Å². The monoisotopic (exact) mass is 394 g/mol. The van der Waals surface area contributed by atoms with Gasteiger partial charge >= 0.3 is 0 Å². The Labute approximate surface area is 169 Å². The van der Waals surface area contributed by atoms with E-state index in [1.54, 1.807) is 6.20 Å². The third-order valence-electron chi connectivity index (χ3n) is 5.69. The van der Waals surface area contributed by atoms with Crippen LogP contribution in [0.1, 0.15) is 13.8 Å². The molecule has 2 saturated heterocycles. The van der Waals surface area contributed by atoms with Crippen molar-refractivity contribution in [2.24, 2.45) is 0 Å². The second kappa shape index (κ2) is 7.61. The quantitative estimate of drug-likeness (QED) is 0.731. The normalized spacial score (nSPS) is 23.0. The van der Waals surface area contributed by atoms with Crippen LogP contribution in [0.2, 0.25) is 0 Å². The zero-order valence-electron chi connectivity index (χ0n) is 16.8. The maximum absolute atomic E-state index is 5.78. The molecule has 5 rings (SSSR count). The molecule has 2 atom stereocenters. The first-order valence-electron chi connectivity index (χ1n) is 10.2. The lowest BCUT2D eigenvalue weighted by atomic mass is 10.1. The van der Waals surface area contributed by atoms with Crippen molar-refractivity contribution >= 4 is 22.4 Å². The molecule has 0 unspecified atom stereocenters. The minimum atomic E-state index is 0.201. The number of ether oxygens (including phenoxy) is 2. The number of hydrogen-bond donors (Lipinski definition) is 1. The molecule has 2 aliphatic heterocycles. The molecule has 0 aliphatic carbocycles. The van der Waals surface area contributed by atoms with E-state index < -0.39 is 0 Å². The first-order valence-corrected chi connectivity index (χ1v) is 10.2. The molecule has 0 spiro atoms. The van der Waals surface area contributed by atoms with Crippen molar-refractivity contribution in [2.45, 2.75) is 26.0 Å². The topological polar surface area (TPSA) is 79.4 Å². The van der Waals surface area contributed by atoms with Gasteiger partial charge in [-0.3, -0.25) is 10.1 Å². The summed E-state index contributed by atoms with van der Waals surface area (Å²) >= 11 is 0. The van der Waals surface area contributed by atoms with E-state index in [4.69, 9.17) is 14.5 Å². The fraction of sp³-hybridized carbons (Fsp3) is 0.476. The number of morpholine rings is 2. The molecule has 1 N–H and O–H groups in total. The van der Waals surface area contributed by atoms with Crippen LogP contribution in [0.3, 0.4) is 0 Å². The van der Waals surface area contributed by atoms with E-state index in [-0.39, 0.29) is 12.1 Å². The molecule has 8 heteroatoms. The fourth-order valence-corrected chi connectivity index (χ4v) is 4.22. The molecule has 3 aromatic rings. The molecule has 29 heavy (non-hydrogen) atoms. The van der Waals surface area contributed by atoms with Crippen molar-refractivity contribution in [3.63, 3.8) is 0 Å². The average Bonchev–Trinajstić information content (AvgIpc) is 3.27. The summed E-state index contributed by atoms with van der Waals surface area (Å²) in [5.74, 6) is 0.969. The average molecular weight is 394 g/mol. The van der Waals surface area contributed by atoms with Gasteiger partial charge in [0.05, 0.1) is 43.3 Å².